The van der Waals surface area contributed by atoms with Gasteiger partial charge < -0.3 is 18.6 Å². The zero-order valence-electron chi connectivity index (χ0n) is 10.3. The molecule has 18 heavy (non-hydrogen) atoms. The molecule has 1 amide bonds. The van der Waals surface area contributed by atoms with Crippen molar-refractivity contribution in [3.63, 3.8) is 0 Å². The molecule has 0 unspecified atom stereocenters. The Balaban J connectivity index is 2.12. The lowest BCUT2D eigenvalue weighted by Crippen LogP contribution is -2.29. The van der Waals surface area contributed by atoms with Crippen molar-refractivity contribution in [3.8, 4) is 0 Å². The van der Waals surface area contributed by atoms with Crippen LogP contribution < -0.4 is 11.3 Å². The van der Waals surface area contributed by atoms with Crippen LogP contribution in [0.4, 0.5) is 0 Å². The fraction of sp³-hybridized carbons (Fsp3) is 0.545. The molecule has 1 aromatic rings. The summed E-state index contributed by atoms with van der Waals surface area (Å²) in [5.74, 6) is 5.23. The van der Waals surface area contributed by atoms with Crippen molar-refractivity contribution in [1.82, 2.24) is 5.43 Å². The van der Waals surface area contributed by atoms with E-state index in [1.807, 2.05) is 5.43 Å². The van der Waals surface area contributed by atoms with Crippen LogP contribution in [0.2, 0.25) is 0 Å². The predicted molar refractivity (Wildman–Crippen MR) is 62.7 cm³/mol. The van der Waals surface area contributed by atoms with Gasteiger partial charge in [0.25, 0.3) is 0 Å². The van der Waals surface area contributed by atoms with Crippen LogP contribution in [0.5, 0.6) is 0 Å². The number of ether oxygens (including phenoxy) is 3. The van der Waals surface area contributed by atoms with Crippen LogP contribution in [0.3, 0.4) is 0 Å². The number of hydrogen-bond acceptors (Lipinski definition) is 6. The van der Waals surface area contributed by atoms with Gasteiger partial charge in [0.15, 0.2) is 5.76 Å². The van der Waals surface area contributed by atoms with Crippen LogP contribution >= 0.6 is 0 Å². The third-order valence-electron chi connectivity index (χ3n) is 2.06. The molecule has 0 aliphatic heterocycles. The van der Waals surface area contributed by atoms with Crippen molar-refractivity contribution in [3.05, 3.63) is 23.7 Å². The molecule has 7 nitrogen and oxygen atoms in total. The molecule has 0 aliphatic rings. The Morgan fingerprint density at radius 1 is 1.28 bits per heavy atom. The van der Waals surface area contributed by atoms with Crippen LogP contribution in [0.1, 0.15) is 16.3 Å². The van der Waals surface area contributed by atoms with Crippen molar-refractivity contribution in [2.45, 2.75) is 6.61 Å². The molecule has 0 bridgehead atoms. The monoisotopic (exact) mass is 258 g/mol. The number of hydrogen-bond donors (Lipinski definition) is 2. The molecule has 1 aromatic heterocycles. The first-order valence-electron chi connectivity index (χ1n) is 5.52. The summed E-state index contributed by atoms with van der Waals surface area (Å²) in [4.78, 5) is 11.1. The second kappa shape index (κ2) is 8.65. The largest absolute Gasteiger partial charge is 0.453 e. The Morgan fingerprint density at radius 2 is 2.00 bits per heavy atom. The minimum atomic E-state index is -0.468. The van der Waals surface area contributed by atoms with E-state index in [4.69, 9.17) is 24.5 Å². The van der Waals surface area contributed by atoms with Gasteiger partial charge in [-0.3, -0.25) is 10.2 Å². The Bertz CT molecular complexity index is 353. The predicted octanol–water partition coefficient (Wildman–Crippen LogP) is 0.0627. The number of nitrogens with two attached hydrogens (primary N) is 1. The van der Waals surface area contributed by atoms with Crippen LogP contribution in [0.25, 0.3) is 0 Å². The lowest BCUT2D eigenvalue weighted by Gasteiger charge is -2.04. The van der Waals surface area contributed by atoms with E-state index < -0.39 is 5.91 Å². The van der Waals surface area contributed by atoms with Gasteiger partial charge in [-0.15, -0.1) is 0 Å². The van der Waals surface area contributed by atoms with E-state index in [1.165, 1.54) is 6.07 Å². The quantitative estimate of drug-likeness (QED) is 0.281. The van der Waals surface area contributed by atoms with Gasteiger partial charge in [0.1, 0.15) is 12.4 Å². The molecule has 0 atom stereocenters. The topological polar surface area (TPSA) is 96.0 Å². The Hall–Kier alpha value is -1.41. The number of methoxy groups -OCH3 is 1. The number of furan rings is 1. The van der Waals surface area contributed by atoms with Gasteiger partial charge in [-0.05, 0) is 12.1 Å². The molecule has 1 heterocycles. The standard InChI is InChI=1S/C11H18N2O5/c1-15-4-5-16-6-7-17-8-9-2-3-10(18-9)11(14)13-12/h2-3H,4-8,12H2,1H3,(H,13,14). The van der Waals surface area contributed by atoms with Crippen LogP contribution in [0.15, 0.2) is 16.5 Å². The van der Waals surface area contributed by atoms with Crippen molar-refractivity contribution >= 4 is 5.91 Å². The van der Waals surface area contributed by atoms with Crippen LogP contribution in [0, 0.1) is 0 Å². The van der Waals surface area contributed by atoms with Gasteiger partial charge in [0.05, 0.1) is 26.4 Å². The van der Waals surface area contributed by atoms with E-state index in [0.29, 0.717) is 32.2 Å². The first-order valence-corrected chi connectivity index (χ1v) is 5.52. The first kappa shape index (κ1) is 14.7. The van der Waals surface area contributed by atoms with Crippen LogP contribution in [-0.2, 0) is 20.8 Å². The molecule has 0 saturated carbocycles. The molecular weight excluding hydrogens is 240 g/mol. The summed E-state index contributed by atoms with van der Waals surface area (Å²) >= 11 is 0. The number of nitrogen functional groups attached to an aromatic ring is 1. The molecule has 0 saturated heterocycles. The minimum Gasteiger partial charge on any atom is -0.453 e. The fourth-order valence-electron chi connectivity index (χ4n) is 1.18. The Morgan fingerprint density at radius 3 is 2.72 bits per heavy atom. The van der Waals surface area contributed by atoms with E-state index >= 15 is 0 Å². The molecule has 0 spiro atoms. The Labute approximate surface area is 105 Å². The van der Waals surface area contributed by atoms with E-state index in [2.05, 4.69) is 0 Å². The summed E-state index contributed by atoms with van der Waals surface area (Å²) in [7, 11) is 1.62. The molecule has 0 aliphatic carbocycles. The van der Waals surface area contributed by atoms with Gasteiger partial charge in [-0.2, -0.15) is 0 Å². The highest BCUT2D eigenvalue weighted by atomic mass is 16.5. The third-order valence-corrected chi connectivity index (χ3v) is 2.06. The summed E-state index contributed by atoms with van der Waals surface area (Å²) in [6.45, 7) is 2.33. The van der Waals surface area contributed by atoms with Crippen molar-refractivity contribution < 1.29 is 23.4 Å². The SMILES string of the molecule is COCCOCCOCc1ccc(C(=O)NN)o1. The number of rotatable bonds is 9. The number of carbonyl (C=O) groups is 1. The molecule has 102 valence electrons. The van der Waals surface area contributed by atoms with Crippen molar-refractivity contribution in [2.24, 2.45) is 5.84 Å². The average Bonchev–Trinajstić information content (AvgIpc) is 2.85. The molecule has 1 rings (SSSR count). The maximum absolute atomic E-state index is 11.1. The van der Waals surface area contributed by atoms with Gasteiger partial charge in [0, 0.05) is 7.11 Å². The maximum Gasteiger partial charge on any atom is 0.300 e. The summed E-state index contributed by atoms with van der Waals surface area (Å²) in [5.41, 5.74) is 1.99. The summed E-state index contributed by atoms with van der Waals surface area (Å²) < 4.78 is 20.5. The fourth-order valence-corrected chi connectivity index (χ4v) is 1.18. The summed E-state index contributed by atoms with van der Waals surface area (Å²) in [6.07, 6.45) is 0. The summed E-state index contributed by atoms with van der Waals surface area (Å²) in [6, 6.07) is 3.20. The van der Waals surface area contributed by atoms with E-state index in [1.54, 1.807) is 13.2 Å². The second-order valence-corrected chi connectivity index (χ2v) is 3.40. The third kappa shape index (κ3) is 5.28. The van der Waals surface area contributed by atoms with E-state index in [-0.39, 0.29) is 12.4 Å². The lowest BCUT2D eigenvalue weighted by atomic mass is 10.4. The number of carbonyl (C=O) groups excluding carboxylic acids is 1. The smallest absolute Gasteiger partial charge is 0.300 e. The van der Waals surface area contributed by atoms with Gasteiger partial charge in [-0.25, -0.2) is 5.84 Å². The zero-order chi connectivity index (χ0) is 13.2. The average molecular weight is 258 g/mol. The molecule has 0 radical (unpaired) electrons. The normalized spacial score (nSPS) is 10.6. The van der Waals surface area contributed by atoms with Gasteiger partial charge >= 0.3 is 5.91 Å². The molecule has 7 heteroatoms. The maximum atomic E-state index is 11.1. The highest BCUT2D eigenvalue weighted by Crippen LogP contribution is 2.08. The number of hydrazine groups is 1. The van der Waals surface area contributed by atoms with Gasteiger partial charge in [-0.1, -0.05) is 0 Å². The number of nitrogens with one attached hydrogen (secondary N) is 1. The van der Waals surface area contributed by atoms with Crippen LogP contribution in [-0.4, -0.2) is 39.4 Å². The highest BCUT2D eigenvalue weighted by molar-refractivity contribution is 5.90. The lowest BCUT2D eigenvalue weighted by molar-refractivity contribution is 0.0160. The zero-order valence-corrected chi connectivity index (χ0v) is 10.3. The summed E-state index contributed by atoms with van der Waals surface area (Å²) in [5, 5.41) is 0. The van der Waals surface area contributed by atoms with Gasteiger partial charge in [0.2, 0.25) is 0 Å². The molecule has 0 aromatic carbocycles. The minimum absolute atomic E-state index is 0.160. The molecule has 0 fully saturated rings. The Kier molecular flexibility index (Phi) is 7.04. The van der Waals surface area contributed by atoms with Crippen molar-refractivity contribution in [1.29, 1.82) is 0 Å². The molecular formula is C11H18N2O5. The highest BCUT2D eigenvalue weighted by Gasteiger charge is 2.09. The second-order valence-electron chi connectivity index (χ2n) is 3.40. The van der Waals surface area contributed by atoms with Crippen molar-refractivity contribution in [2.75, 3.05) is 33.5 Å². The number of amides is 1. The molecule has 3 N–H and O–H groups in total. The van der Waals surface area contributed by atoms with E-state index in [9.17, 15) is 4.79 Å². The van der Waals surface area contributed by atoms with E-state index in [0.717, 1.165) is 0 Å². The first-order chi connectivity index (χ1) is 8.77.